The van der Waals surface area contributed by atoms with Gasteiger partial charge in [-0.25, -0.2) is 0 Å². The monoisotopic (exact) mass is 1080 g/mol. The average Bonchev–Trinajstić information content (AvgIpc) is 4.24. The number of rotatable bonds is 7. The molecule has 4 heteroatoms. The van der Waals surface area contributed by atoms with Crippen molar-refractivity contribution in [2.45, 2.75) is 316 Å². The van der Waals surface area contributed by atoms with Crippen molar-refractivity contribution in [3.63, 3.8) is 0 Å². The number of hydrogen-bond donors (Lipinski definition) is 3. The highest BCUT2D eigenvalue weighted by Crippen LogP contribution is 2.36. The third-order valence-corrected chi connectivity index (χ3v) is 21.7. The Kier molecular flexibility index (Phi) is 42.9. The van der Waals surface area contributed by atoms with E-state index in [0.29, 0.717) is 43.0 Å². The summed E-state index contributed by atoms with van der Waals surface area (Å²) in [6.07, 6.45) is 39.4. The molecule has 1 aromatic rings. The summed E-state index contributed by atoms with van der Waals surface area (Å²) in [4.78, 5) is 0. The highest BCUT2D eigenvalue weighted by atomic mass is 16.5. The summed E-state index contributed by atoms with van der Waals surface area (Å²) >= 11 is 0. The molecule has 8 aliphatic rings. The summed E-state index contributed by atoms with van der Waals surface area (Å²) in [5.74, 6) is 14.8. The average molecular weight is 1080 g/mol. The van der Waals surface area contributed by atoms with Gasteiger partial charge >= 0.3 is 0 Å². The summed E-state index contributed by atoms with van der Waals surface area (Å²) in [6.45, 7) is 40.5. The summed E-state index contributed by atoms with van der Waals surface area (Å²) in [5.41, 5.74) is 1.29. The van der Waals surface area contributed by atoms with E-state index in [1.165, 1.54) is 179 Å². The minimum absolute atomic E-state index is 0.00347. The van der Waals surface area contributed by atoms with Gasteiger partial charge in [0.05, 0.1) is 18.8 Å². The fourth-order valence-electron chi connectivity index (χ4n) is 12.5. The molecule has 0 radical (unpaired) electrons. The second-order valence-corrected chi connectivity index (χ2v) is 28.5. The molecule has 0 bridgehead atoms. The van der Waals surface area contributed by atoms with Crippen LogP contribution >= 0.6 is 0 Å². The van der Waals surface area contributed by atoms with Crippen LogP contribution in [0.2, 0.25) is 0 Å². The van der Waals surface area contributed by atoms with Gasteiger partial charge < -0.3 is 20.1 Å². The van der Waals surface area contributed by atoms with Crippen molar-refractivity contribution in [1.29, 1.82) is 0 Å². The Labute approximate surface area is 483 Å². The minimum atomic E-state index is 0.00347. The van der Waals surface area contributed by atoms with E-state index in [9.17, 15) is 5.11 Å². The molecular formula is C73H140O4. The smallest absolute Gasteiger partial charge is 0.0720 e. The molecule has 4 nitrogen and oxygen atoms in total. The standard InChI is InChI=1S/C14H20O.C9H18.C8H16O.3C8H16.C7H14O.C6H14O.C5H10/c1-12-7-5-6-10-14(12)15-11-13-8-3-2-4-9-13;1-7-5-4-6-8(2)9(7)3;1-7-4-2-3-5-8(7)6-9;1-6-4-5-7(2)8(6)3;2*1-7-5-3-4-6-8(7)2;1-6-4-2-3-5-7(6)8;1-5(2)6(3)4-7;1-2-5-3-4-5/h2-4,8-9,12,14H,5-7,10-11H2,1H3;7-9H,4-6H2,1-3H3;7-9H,2-6H2,1H3;6-8H,4-5H2,1-3H3;2*7-8H,3-6H2,1-2H3;6-8H,2-5H2,1H3;5-7H,4H2,1-3H3;5H,2-4H2,1H3/t12?,14-;7-,8+,9?;7?,8-;;7-,8?;;6-,7-;;/m1.0.1.1../s1. The molecule has 0 aliphatic heterocycles. The zero-order valence-electron chi connectivity index (χ0n) is 55.0. The molecule has 8 fully saturated rings. The molecule has 77 heavy (non-hydrogen) atoms. The third kappa shape index (κ3) is 35.0. The van der Waals surface area contributed by atoms with Crippen molar-refractivity contribution in [2.24, 2.45) is 101 Å². The van der Waals surface area contributed by atoms with Gasteiger partial charge in [0.1, 0.15) is 0 Å². The zero-order valence-corrected chi connectivity index (χ0v) is 55.0. The van der Waals surface area contributed by atoms with Crippen LogP contribution in [0.25, 0.3) is 0 Å². The number of benzene rings is 1. The lowest BCUT2D eigenvalue weighted by Gasteiger charge is -2.31. The first-order chi connectivity index (χ1) is 36.7. The van der Waals surface area contributed by atoms with Gasteiger partial charge in [-0.2, -0.15) is 0 Å². The van der Waals surface area contributed by atoms with E-state index in [-0.39, 0.29) is 6.10 Å². The Morgan fingerprint density at radius 3 is 1.06 bits per heavy atom. The molecule has 9 rings (SSSR count). The Hall–Kier alpha value is -0.940. The molecule has 0 saturated heterocycles. The Balaban J connectivity index is 0.000000440. The van der Waals surface area contributed by atoms with Crippen molar-refractivity contribution in [2.75, 3.05) is 13.2 Å². The maximum atomic E-state index is 9.18. The molecular weight excluding hydrogens is 941 g/mol. The number of aliphatic hydroxyl groups excluding tert-OH is 3. The molecule has 1 aromatic carbocycles. The maximum Gasteiger partial charge on any atom is 0.0720 e. The molecule has 8 aliphatic carbocycles. The maximum absolute atomic E-state index is 9.18. The number of hydrogen-bond acceptors (Lipinski definition) is 4. The first-order valence-electron chi connectivity index (χ1n) is 34.2. The summed E-state index contributed by atoms with van der Waals surface area (Å²) < 4.78 is 5.98. The molecule has 9 unspecified atom stereocenters. The summed E-state index contributed by atoms with van der Waals surface area (Å²) in [7, 11) is 0. The van der Waals surface area contributed by atoms with Crippen molar-refractivity contribution in [3.05, 3.63) is 35.9 Å². The molecule has 0 aromatic heterocycles. The van der Waals surface area contributed by atoms with Crippen LogP contribution in [0.4, 0.5) is 0 Å². The molecule has 0 amide bonds. The number of ether oxygens (including phenoxy) is 1. The van der Waals surface area contributed by atoms with E-state index in [1.807, 2.05) is 13.0 Å². The van der Waals surface area contributed by atoms with E-state index in [4.69, 9.17) is 14.9 Å². The van der Waals surface area contributed by atoms with Crippen LogP contribution < -0.4 is 0 Å². The van der Waals surface area contributed by atoms with Gasteiger partial charge in [0, 0.05) is 13.2 Å². The molecule has 0 spiro atoms. The highest BCUT2D eigenvalue weighted by molar-refractivity contribution is 5.13. The molecule has 456 valence electrons. The van der Waals surface area contributed by atoms with Gasteiger partial charge in [0.2, 0.25) is 0 Å². The van der Waals surface area contributed by atoms with Crippen molar-refractivity contribution in [3.8, 4) is 0 Å². The van der Waals surface area contributed by atoms with Gasteiger partial charge in [-0.1, -0.05) is 296 Å². The lowest BCUT2D eigenvalue weighted by atomic mass is 9.75. The lowest BCUT2D eigenvalue weighted by Crippen LogP contribution is -2.25. The number of aliphatic hydroxyl groups is 3. The first-order valence-corrected chi connectivity index (χ1v) is 34.2. The van der Waals surface area contributed by atoms with E-state index < -0.39 is 0 Å². The Morgan fingerprint density at radius 2 is 0.792 bits per heavy atom. The quantitative estimate of drug-likeness (QED) is 0.254. The van der Waals surface area contributed by atoms with Crippen molar-refractivity contribution < 1.29 is 20.1 Å². The van der Waals surface area contributed by atoms with Gasteiger partial charge in [-0.15, -0.1) is 0 Å². The SMILES string of the molecule is CC(C)C(C)CO.CC1CCC(C)C1C.CC1CCCCC1C.CC1CCCC[C@H]1C.CC1CCCC[C@H]1CO.CC1CCCC[C@H]1OCc1ccccc1.CC1[C@H](C)CCC[C@@H]1C.CCC1CC1.C[C@@H]1CCCC[C@H]1O. The van der Waals surface area contributed by atoms with Crippen LogP contribution in [-0.2, 0) is 11.3 Å². The van der Waals surface area contributed by atoms with Crippen LogP contribution in [0, 0.1) is 101 Å². The Bertz CT molecular complexity index is 1330. The van der Waals surface area contributed by atoms with Crippen LogP contribution in [0.3, 0.4) is 0 Å². The van der Waals surface area contributed by atoms with Crippen LogP contribution in [0.5, 0.6) is 0 Å². The molecule has 16 atom stereocenters. The minimum Gasteiger partial charge on any atom is -0.396 e. The van der Waals surface area contributed by atoms with E-state index in [2.05, 4.69) is 135 Å². The highest BCUT2D eigenvalue weighted by Gasteiger charge is 2.26. The van der Waals surface area contributed by atoms with Crippen molar-refractivity contribution in [1.82, 2.24) is 0 Å². The lowest BCUT2D eigenvalue weighted by molar-refractivity contribution is -0.0154. The van der Waals surface area contributed by atoms with Crippen molar-refractivity contribution >= 4 is 0 Å². The molecule has 0 heterocycles. The second kappa shape index (κ2) is 44.6. The fourth-order valence-corrected chi connectivity index (χ4v) is 12.5. The predicted molar refractivity (Wildman–Crippen MR) is 340 cm³/mol. The zero-order chi connectivity index (χ0) is 57.7. The molecule has 8 saturated carbocycles. The topological polar surface area (TPSA) is 69.9 Å². The van der Waals surface area contributed by atoms with Crippen LogP contribution in [0.15, 0.2) is 30.3 Å². The van der Waals surface area contributed by atoms with E-state index in [0.717, 1.165) is 90.0 Å². The van der Waals surface area contributed by atoms with Gasteiger partial charge in [-0.3, -0.25) is 0 Å². The second-order valence-electron chi connectivity index (χ2n) is 28.5. The normalized spacial score (nSPS) is 34.9. The summed E-state index contributed by atoms with van der Waals surface area (Å²) in [5, 5.41) is 26.5. The fraction of sp³-hybridized carbons (Fsp3) is 0.918. The first kappa shape index (κ1) is 74.1. The van der Waals surface area contributed by atoms with Gasteiger partial charge in [-0.05, 0) is 138 Å². The van der Waals surface area contributed by atoms with E-state index in [1.54, 1.807) is 0 Å². The van der Waals surface area contributed by atoms with Gasteiger partial charge in [0.15, 0.2) is 0 Å². The van der Waals surface area contributed by atoms with Crippen LogP contribution in [0.1, 0.15) is 303 Å². The molecule has 3 N–H and O–H groups in total. The largest absolute Gasteiger partial charge is 0.396 e. The van der Waals surface area contributed by atoms with Gasteiger partial charge in [0.25, 0.3) is 0 Å². The van der Waals surface area contributed by atoms with Crippen LogP contribution in [-0.4, -0.2) is 40.7 Å². The Morgan fingerprint density at radius 1 is 0.416 bits per heavy atom. The summed E-state index contributed by atoms with van der Waals surface area (Å²) in [6, 6.07) is 10.5. The van der Waals surface area contributed by atoms with E-state index >= 15 is 0 Å². The predicted octanol–water partition coefficient (Wildman–Crippen LogP) is 21.7. The third-order valence-electron chi connectivity index (χ3n) is 21.7.